The second-order valence-electron chi connectivity index (χ2n) is 7.76. The molecule has 0 radical (unpaired) electrons. The van der Waals surface area contributed by atoms with E-state index in [1.807, 2.05) is 6.92 Å². The molecule has 1 atom stereocenters. The van der Waals surface area contributed by atoms with E-state index in [2.05, 4.69) is 6.58 Å². The highest BCUT2D eigenvalue weighted by Gasteiger charge is 2.60. The van der Waals surface area contributed by atoms with Gasteiger partial charge in [-0.3, -0.25) is 0 Å². The average molecular weight is 278 g/mol. The summed E-state index contributed by atoms with van der Waals surface area (Å²) < 4.78 is 5.74. The molecule has 4 bridgehead atoms. The quantitative estimate of drug-likeness (QED) is 0.635. The van der Waals surface area contributed by atoms with Crippen LogP contribution in [0.1, 0.15) is 52.4 Å². The largest absolute Gasteiger partial charge is 0.453 e. The van der Waals surface area contributed by atoms with Crippen LogP contribution in [-0.4, -0.2) is 23.3 Å². The molecule has 4 saturated carbocycles. The molecule has 0 saturated heterocycles. The van der Waals surface area contributed by atoms with Crippen molar-refractivity contribution in [3.05, 3.63) is 12.2 Å². The van der Waals surface area contributed by atoms with E-state index in [0.717, 1.165) is 37.0 Å². The highest BCUT2D eigenvalue weighted by molar-refractivity contribution is 5.87. The number of hydrogen-bond donors (Lipinski definition) is 1. The Bertz CT molecular complexity index is 404. The summed E-state index contributed by atoms with van der Waals surface area (Å²) in [6, 6.07) is 0. The summed E-state index contributed by atoms with van der Waals surface area (Å²) in [6.45, 7) is 7.18. The first kappa shape index (κ1) is 14.1. The van der Waals surface area contributed by atoms with Crippen LogP contribution in [0.5, 0.6) is 0 Å². The van der Waals surface area contributed by atoms with Gasteiger partial charge in [-0.1, -0.05) is 6.58 Å². The van der Waals surface area contributed by atoms with E-state index in [1.165, 1.54) is 19.3 Å². The zero-order chi connectivity index (χ0) is 14.5. The highest BCUT2D eigenvalue weighted by atomic mass is 16.6. The Morgan fingerprint density at radius 1 is 1.25 bits per heavy atom. The van der Waals surface area contributed by atoms with Crippen molar-refractivity contribution in [3.8, 4) is 0 Å². The first-order valence-corrected chi connectivity index (χ1v) is 7.87. The van der Waals surface area contributed by atoms with Gasteiger partial charge in [0.1, 0.15) is 5.60 Å². The van der Waals surface area contributed by atoms with E-state index >= 15 is 0 Å². The molecule has 0 aromatic rings. The SMILES string of the molecule is C=C(C)C(=O)OC(C)(CO)C12CC3CC(CC(C3)C1)C2. The van der Waals surface area contributed by atoms with Crippen molar-refractivity contribution in [2.75, 3.05) is 6.61 Å². The fraction of sp³-hybridized carbons (Fsp3) is 0.824. The zero-order valence-corrected chi connectivity index (χ0v) is 12.7. The number of rotatable bonds is 4. The molecule has 0 aliphatic heterocycles. The van der Waals surface area contributed by atoms with Crippen LogP contribution in [0, 0.1) is 23.2 Å². The predicted octanol–water partition coefficient (Wildman–Crippen LogP) is 3.07. The lowest BCUT2D eigenvalue weighted by Gasteiger charge is -2.61. The van der Waals surface area contributed by atoms with Gasteiger partial charge in [0.05, 0.1) is 6.61 Å². The summed E-state index contributed by atoms with van der Waals surface area (Å²) in [5, 5.41) is 9.97. The van der Waals surface area contributed by atoms with Gasteiger partial charge in [-0.15, -0.1) is 0 Å². The van der Waals surface area contributed by atoms with Gasteiger partial charge in [-0.25, -0.2) is 4.79 Å². The molecule has 4 aliphatic rings. The van der Waals surface area contributed by atoms with Crippen molar-refractivity contribution in [2.45, 2.75) is 58.0 Å². The van der Waals surface area contributed by atoms with Crippen LogP contribution >= 0.6 is 0 Å². The van der Waals surface area contributed by atoms with Crippen molar-refractivity contribution in [1.82, 2.24) is 0 Å². The molecule has 3 nitrogen and oxygen atoms in total. The fourth-order valence-electron chi connectivity index (χ4n) is 5.36. The summed E-state index contributed by atoms with van der Waals surface area (Å²) in [4.78, 5) is 12.0. The van der Waals surface area contributed by atoms with Crippen molar-refractivity contribution in [2.24, 2.45) is 23.2 Å². The molecule has 112 valence electrons. The number of aliphatic hydroxyl groups is 1. The van der Waals surface area contributed by atoms with Crippen LogP contribution in [0.2, 0.25) is 0 Å². The third kappa shape index (κ3) is 2.02. The van der Waals surface area contributed by atoms with Crippen LogP contribution in [0.3, 0.4) is 0 Å². The number of carbonyl (C=O) groups is 1. The molecule has 4 aliphatic carbocycles. The topological polar surface area (TPSA) is 46.5 Å². The van der Waals surface area contributed by atoms with Crippen molar-refractivity contribution in [3.63, 3.8) is 0 Å². The molecule has 1 N–H and O–H groups in total. The summed E-state index contributed by atoms with van der Waals surface area (Å²) in [5.41, 5.74) is -0.352. The lowest BCUT2D eigenvalue weighted by atomic mass is 9.45. The van der Waals surface area contributed by atoms with Gasteiger partial charge >= 0.3 is 5.97 Å². The van der Waals surface area contributed by atoms with E-state index in [1.54, 1.807) is 6.92 Å². The normalized spacial score (nSPS) is 41.2. The smallest absolute Gasteiger partial charge is 0.333 e. The van der Waals surface area contributed by atoms with Gasteiger partial charge in [0, 0.05) is 11.0 Å². The van der Waals surface area contributed by atoms with E-state index in [9.17, 15) is 9.90 Å². The third-order valence-corrected chi connectivity index (χ3v) is 6.13. The van der Waals surface area contributed by atoms with Crippen molar-refractivity contribution in [1.29, 1.82) is 0 Å². The molecular weight excluding hydrogens is 252 g/mol. The van der Waals surface area contributed by atoms with E-state index in [-0.39, 0.29) is 18.0 Å². The predicted molar refractivity (Wildman–Crippen MR) is 77.0 cm³/mol. The van der Waals surface area contributed by atoms with Gasteiger partial charge in [0.15, 0.2) is 0 Å². The molecule has 0 amide bonds. The minimum absolute atomic E-state index is 0.0123. The lowest BCUT2D eigenvalue weighted by molar-refractivity contribution is -0.211. The van der Waals surface area contributed by atoms with Crippen LogP contribution in [0.15, 0.2) is 12.2 Å². The van der Waals surface area contributed by atoms with E-state index < -0.39 is 5.60 Å². The molecule has 3 heteroatoms. The van der Waals surface area contributed by atoms with Crippen LogP contribution in [0.4, 0.5) is 0 Å². The first-order valence-electron chi connectivity index (χ1n) is 7.87. The number of hydrogen-bond acceptors (Lipinski definition) is 3. The Morgan fingerprint density at radius 2 is 1.70 bits per heavy atom. The lowest BCUT2D eigenvalue weighted by Crippen LogP contribution is -2.60. The van der Waals surface area contributed by atoms with E-state index in [0.29, 0.717) is 5.57 Å². The maximum Gasteiger partial charge on any atom is 0.333 e. The molecule has 0 aromatic carbocycles. The molecule has 0 aromatic heterocycles. The summed E-state index contributed by atoms with van der Waals surface area (Å²) in [5.74, 6) is 1.96. The molecular formula is C17H26O3. The van der Waals surface area contributed by atoms with Crippen LogP contribution in [0.25, 0.3) is 0 Å². The van der Waals surface area contributed by atoms with Crippen molar-refractivity contribution >= 4 is 5.97 Å². The minimum Gasteiger partial charge on any atom is -0.453 e. The molecule has 0 spiro atoms. The molecule has 0 heterocycles. The number of ether oxygens (including phenoxy) is 1. The van der Waals surface area contributed by atoms with E-state index in [4.69, 9.17) is 4.74 Å². The fourth-order valence-corrected chi connectivity index (χ4v) is 5.36. The molecule has 20 heavy (non-hydrogen) atoms. The number of carbonyl (C=O) groups excluding carboxylic acids is 1. The Hall–Kier alpha value is -0.830. The number of aliphatic hydroxyl groups excluding tert-OH is 1. The minimum atomic E-state index is -0.751. The van der Waals surface area contributed by atoms with Gasteiger partial charge in [0.2, 0.25) is 0 Å². The van der Waals surface area contributed by atoms with Crippen molar-refractivity contribution < 1.29 is 14.6 Å². The summed E-state index contributed by atoms with van der Waals surface area (Å²) >= 11 is 0. The Balaban J connectivity index is 1.88. The monoisotopic (exact) mass is 278 g/mol. The van der Waals surface area contributed by atoms with Gasteiger partial charge < -0.3 is 9.84 Å². The summed E-state index contributed by atoms with van der Waals surface area (Å²) in [7, 11) is 0. The molecule has 4 fully saturated rings. The standard InChI is InChI=1S/C17H26O3/c1-11(2)15(19)20-16(3,10-18)17-7-12-4-13(8-17)6-14(5-12)9-17/h12-14,18H,1,4-10H2,2-3H3. The maximum atomic E-state index is 12.0. The Kier molecular flexibility index (Phi) is 3.24. The molecule has 1 unspecified atom stereocenters. The maximum absolute atomic E-state index is 12.0. The second kappa shape index (κ2) is 4.59. The highest BCUT2D eigenvalue weighted by Crippen LogP contribution is 2.64. The average Bonchev–Trinajstić information content (AvgIpc) is 2.36. The van der Waals surface area contributed by atoms with Gasteiger partial charge in [-0.2, -0.15) is 0 Å². The first-order chi connectivity index (χ1) is 9.37. The third-order valence-electron chi connectivity index (χ3n) is 6.13. The van der Waals surface area contributed by atoms with Crippen LogP contribution < -0.4 is 0 Å². The van der Waals surface area contributed by atoms with Gasteiger partial charge in [-0.05, 0) is 70.1 Å². The Morgan fingerprint density at radius 3 is 2.05 bits per heavy atom. The zero-order valence-electron chi connectivity index (χ0n) is 12.7. The summed E-state index contributed by atoms with van der Waals surface area (Å²) in [6.07, 6.45) is 7.36. The Labute approximate surface area is 121 Å². The second-order valence-corrected chi connectivity index (χ2v) is 7.76. The number of esters is 1. The van der Waals surface area contributed by atoms with Gasteiger partial charge in [0.25, 0.3) is 0 Å². The molecule has 4 rings (SSSR count). The van der Waals surface area contributed by atoms with Crippen LogP contribution in [-0.2, 0) is 9.53 Å².